The fourth-order valence-corrected chi connectivity index (χ4v) is 5.35. The highest BCUT2D eigenvalue weighted by Gasteiger charge is 2.17. The number of benzene rings is 3. The van der Waals surface area contributed by atoms with Gasteiger partial charge in [0.1, 0.15) is 5.52 Å². The Bertz CT molecular complexity index is 1620. The molecule has 2 N–H and O–H groups in total. The number of hydrogen-bond donors (Lipinski definition) is 2. The molecular formula is C30H28N4O2S. The number of anilines is 1. The van der Waals surface area contributed by atoms with Gasteiger partial charge < -0.3 is 10.3 Å². The second kappa shape index (κ2) is 10.5. The Morgan fingerprint density at radius 3 is 2.27 bits per heavy atom. The summed E-state index contributed by atoms with van der Waals surface area (Å²) in [6, 6.07) is 25.6. The normalized spacial score (nSPS) is 11.1. The summed E-state index contributed by atoms with van der Waals surface area (Å²) in [7, 11) is 0. The number of hydrogen-bond acceptors (Lipinski definition) is 4. The topological polar surface area (TPSA) is 79.8 Å². The molecule has 0 bridgehead atoms. The summed E-state index contributed by atoms with van der Waals surface area (Å²) in [5.74, 6) is -0.00478. The number of carbonyl (C=O) groups is 1. The molecule has 0 radical (unpaired) electrons. The van der Waals surface area contributed by atoms with Crippen LogP contribution in [0.1, 0.15) is 22.3 Å². The number of amides is 1. The van der Waals surface area contributed by atoms with Crippen molar-refractivity contribution in [3.8, 4) is 11.3 Å². The molecule has 5 aromatic rings. The van der Waals surface area contributed by atoms with E-state index < -0.39 is 0 Å². The monoisotopic (exact) mass is 508 g/mol. The van der Waals surface area contributed by atoms with Gasteiger partial charge in [0, 0.05) is 11.4 Å². The lowest BCUT2D eigenvalue weighted by Crippen LogP contribution is -2.25. The molecule has 0 atom stereocenters. The van der Waals surface area contributed by atoms with E-state index in [1.165, 1.54) is 11.8 Å². The summed E-state index contributed by atoms with van der Waals surface area (Å²) in [6.07, 6.45) is 0. The van der Waals surface area contributed by atoms with Crippen molar-refractivity contribution in [1.82, 2.24) is 14.5 Å². The van der Waals surface area contributed by atoms with Crippen molar-refractivity contribution in [3.05, 3.63) is 111 Å². The van der Waals surface area contributed by atoms with Gasteiger partial charge in [-0.3, -0.25) is 14.2 Å². The first-order chi connectivity index (χ1) is 17.9. The Morgan fingerprint density at radius 1 is 0.946 bits per heavy atom. The van der Waals surface area contributed by atoms with Crippen LogP contribution in [0.4, 0.5) is 5.69 Å². The highest BCUT2D eigenvalue weighted by molar-refractivity contribution is 7.99. The van der Waals surface area contributed by atoms with Gasteiger partial charge in [0.05, 0.1) is 17.8 Å². The third-order valence-electron chi connectivity index (χ3n) is 6.24. The summed E-state index contributed by atoms with van der Waals surface area (Å²) in [4.78, 5) is 34.6. The van der Waals surface area contributed by atoms with Gasteiger partial charge in [-0.2, -0.15) is 0 Å². The van der Waals surface area contributed by atoms with Gasteiger partial charge in [0.25, 0.3) is 5.56 Å². The van der Waals surface area contributed by atoms with Crippen molar-refractivity contribution in [2.24, 2.45) is 0 Å². The van der Waals surface area contributed by atoms with Gasteiger partial charge >= 0.3 is 0 Å². The number of aromatic nitrogens is 3. The molecule has 5 rings (SSSR count). The van der Waals surface area contributed by atoms with Crippen molar-refractivity contribution in [2.45, 2.75) is 32.5 Å². The minimum Gasteiger partial charge on any atom is -0.349 e. The number of H-pyrrole nitrogens is 1. The lowest BCUT2D eigenvalue weighted by Gasteiger charge is -2.14. The number of nitrogens with one attached hydrogen (secondary N) is 2. The lowest BCUT2D eigenvalue weighted by atomic mass is 10.1. The lowest BCUT2D eigenvalue weighted by molar-refractivity contribution is -0.113. The summed E-state index contributed by atoms with van der Waals surface area (Å²) in [5.41, 5.74) is 7.71. The van der Waals surface area contributed by atoms with Gasteiger partial charge in [-0.1, -0.05) is 90.1 Å². The predicted octanol–water partition coefficient (Wildman–Crippen LogP) is 6.10. The van der Waals surface area contributed by atoms with E-state index in [1.54, 1.807) is 4.57 Å². The van der Waals surface area contributed by atoms with E-state index in [-0.39, 0.29) is 17.2 Å². The van der Waals surface area contributed by atoms with Gasteiger partial charge in [-0.15, -0.1) is 0 Å². The van der Waals surface area contributed by atoms with E-state index in [0.717, 1.165) is 39.2 Å². The second-order valence-corrected chi connectivity index (χ2v) is 10.1. The second-order valence-electron chi connectivity index (χ2n) is 9.19. The van der Waals surface area contributed by atoms with E-state index in [9.17, 15) is 9.59 Å². The third-order valence-corrected chi connectivity index (χ3v) is 7.22. The zero-order chi connectivity index (χ0) is 25.9. The van der Waals surface area contributed by atoms with Gasteiger partial charge in [-0.25, -0.2) is 4.98 Å². The van der Waals surface area contributed by atoms with Gasteiger partial charge in [0.15, 0.2) is 5.16 Å². The summed E-state index contributed by atoms with van der Waals surface area (Å²) in [6.45, 7) is 6.39. The number of rotatable bonds is 7. The Hall–Kier alpha value is -4.10. The third kappa shape index (κ3) is 5.37. The molecule has 0 aliphatic heterocycles. The Kier molecular flexibility index (Phi) is 6.97. The maximum absolute atomic E-state index is 13.6. The molecule has 3 aromatic carbocycles. The molecule has 2 heterocycles. The van der Waals surface area contributed by atoms with Crippen LogP contribution < -0.4 is 10.9 Å². The molecule has 186 valence electrons. The smallest absolute Gasteiger partial charge is 0.278 e. The number of thioether (sulfide) groups is 1. The van der Waals surface area contributed by atoms with Crippen LogP contribution in [0.25, 0.3) is 22.3 Å². The molecular weight excluding hydrogens is 480 g/mol. The minimum absolute atomic E-state index is 0.134. The Balaban J connectivity index is 1.48. The average molecular weight is 509 g/mol. The Labute approximate surface area is 219 Å². The minimum atomic E-state index is -0.163. The molecule has 0 saturated heterocycles. The van der Waals surface area contributed by atoms with E-state index >= 15 is 0 Å². The van der Waals surface area contributed by atoms with Crippen LogP contribution in [-0.4, -0.2) is 26.2 Å². The SMILES string of the molecule is Cc1cc(C)c(NC(=O)CSc2nc3cc(-c4ccccc4)[nH]c3c(=O)n2Cc2ccccc2)c(C)c1. The van der Waals surface area contributed by atoms with Crippen LogP contribution in [0, 0.1) is 20.8 Å². The molecule has 0 aliphatic rings. The van der Waals surface area contributed by atoms with Crippen LogP contribution in [0.2, 0.25) is 0 Å². The van der Waals surface area contributed by atoms with Gasteiger partial charge in [0.2, 0.25) is 5.91 Å². The summed E-state index contributed by atoms with van der Waals surface area (Å²) < 4.78 is 1.64. The molecule has 7 heteroatoms. The predicted molar refractivity (Wildman–Crippen MR) is 151 cm³/mol. The molecule has 1 amide bonds. The van der Waals surface area contributed by atoms with Gasteiger partial charge in [-0.05, 0) is 49.1 Å². The highest BCUT2D eigenvalue weighted by atomic mass is 32.2. The molecule has 6 nitrogen and oxygen atoms in total. The van der Waals surface area contributed by atoms with E-state index in [1.807, 2.05) is 87.5 Å². The maximum Gasteiger partial charge on any atom is 0.278 e. The Morgan fingerprint density at radius 2 is 1.59 bits per heavy atom. The number of fused-ring (bicyclic) bond motifs is 1. The van der Waals surface area contributed by atoms with Crippen LogP contribution in [-0.2, 0) is 11.3 Å². The van der Waals surface area contributed by atoms with E-state index in [4.69, 9.17) is 4.98 Å². The molecule has 0 aliphatic carbocycles. The fraction of sp³-hybridized carbons (Fsp3) is 0.167. The first-order valence-corrected chi connectivity index (χ1v) is 13.1. The number of aryl methyl sites for hydroxylation is 3. The molecule has 37 heavy (non-hydrogen) atoms. The van der Waals surface area contributed by atoms with Crippen LogP contribution in [0.3, 0.4) is 0 Å². The van der Waals surface area contributed by atoms with E-state index in [2.05, 4.69) is 22.4 Å². The van der Waals surface area contributed by atoms with Crippen molar-refractivity contribution in [3.63, 3.8) is 0 Å². The molecule has 0 spiro atoms. The zero-order valence-corrected chi connectivity index (χ0v) is 21.9. The molecule has 0 fully saturated rings. The zero-order valence-electron chi connectivity index (χ0n) is 21.0. The van der Waals surface area contributed by atoms with Crippen molar-refractivity contribution in [2.75, 3.05) is 11.1 Å². The van der Waals surface area contributed by atoms with Crippen molar-refractivity contribution in [1.29, 1.82) is 0 Å². The quantitative estimate of drug-likeness (QED) is 0.206. The molecule has 0 saturated carbocycles. The molecule has 2 aromatic heterocycles. The highest BCUT2D eigenvalue weighted by Crippen LogP contribution is 2.26. The maximum atomic E-state index is 13.6. The standard InChI is InChI=1S/C30H28N4O2S/c1-19-14-20(2)27(21(3)15-19)33-26(35)18-37-30-32-25-16-24(23-12-8-5-9-13-23)31-28(25)29(36)34(30)17-22-10-6-4-7-11-22/h4-16,31H,17-18H2,1-3H3,(H,33,35). The fourth-order valence-electron chi connectivity index (χ4n) is 4.55. The number of nitrogens with zero attached hydrogens (tertiary/aromatic N) is 2. The molecule has 0 unspecified atom stereocenters. The van der Waals surface area contributed by atoms with E-state index in [0.29, 0.717) is 22.7 Å². The van der Waals surface area contributed by atoms with Crippen LogP contribution >= 0.6 is 11.8 Å². The first-order valence-electron chi connectivity index (χ1n) is 12.1. The number of carbonyl (C=O) groups excluding carboxylic acids is 1. The summed E-state index contributed by atoms with van der Waals surface area (Å²) in [5, 5.41) is 3.55. The van der Waals surface area contributed by atoms with Crippen LogP contribution in [0.5, 0.6) is 0 Å². The summed E-state index contributed by atoms with van der Waals surface area (Å²) >= 11 is 1.27. The van der Waals surface area contributed by atoms with Crippen LogP contribution in [0.15, 0.2) is 88.8 Å². The van der Waals surface area contributed by atoms with Crippen molar-refractivity contribution >= 4 is 34.4 Å². The van der Waals surface area contributed by atoms with Crippen molar-refractivity contribution < 1.29 is 4.79 Å². The largest absolute Gasteiger partial charge is 0.349 e. The number of aromatic amines is 1. The average Bonchev–Trinajstić information content (AvgIpc) is 3.32. The first kappa shape index (κ1) is 24.6.